The molecule has 0 bridgehead atoms. The van der Waals surface area contributed by atoms with Gasteiger partial charge in [-0.05, 0) is 31.7 Å². The molecule has 1 saturated heterocycles. The summed E-state index contributed by atoms with van der Waals surface area (Å²) in [7, 11) is 1.89. The molecule has 1 aliphatic rings. The number of benzene rings is 1. The Bertz CT molecular complexity index is 391. The summed E-state index contributed by atoms with van der Waals surface area (Å²) in [6, 6.07) is 6.62. The van der Waals surface area contributed by atoms with Gasteiger partial charge in [0.05, 0.1) is 0 Å². The Morgan fingerprint density at radius 3 is 2.38 bits per heavy atom. The van der Waals surface area contributed by atoms with E-state index in [9.17, 15) is 4.79 Å². The Morgan fingerprint density at radius 2 is 1.81 bits per heavy atom. The zero-order valence-electron chi connectivity index (χ0n) is 10.3. The molecule has 1 aromatic carbocycles. The van der Waals surface area contributed by atoms with Crippen LogP contribution in [0.5, 0.6) is 0 Å². The molecule has 1 amide bonds. The van der Waals surface area contributed by atoms with E-state index in [0.29, 0.717) is 12.3 Å². The molecule has 0 aliphatic carbocycles. The lowest BCUT2D eigenvalue weighted by molar-refractivity contribution is -0.132. The van der Waals surface area contributed by atoms with Crippen LogP contribution in [-0.4, -0.2) is 24.4 Å². The van der Waals surface area contributed by atoms with Crippen LogP contribution in [-0.2, 0) is 4.79 Å². The predicted molar refractivity (Wildman–Crippen MR) is 65.5 cm³/mol. The molecule has 1 fully saturated rings. The minimum Gasteiger partial charge on any atom is -0.346 e. The van der Waals surface area contributed by atoms with Gasteiger partial charge >= 0.3 is 0 Å². The summed E-state index contributed by atoms with van der Waals surface area (Å²) in [5.41, 5.74) is 3.92. The van der Waals surface area contributed by atoms with Gasteiger partial charge in [-0.3, -0.25) is 4.79 Å². The molecular weight excluding hydrogens is 198 g/mol. The molecule has 2 nitrogen and oxygen atoms in total. The average molecular weight is 217 g/mol. The van der Waals surface area contributed by atoms with E-state index in [0.717, 1.165) is 13.0 Å². The molecule has 0 spiro atoms. The van der Waals surface area contributed by atoms with E-state index in [1.54, 1.807) is 0 Å². The van der Waals surface area contributed by atoms with Crippen LogP contribution in [0.1, 0.15) is 35.4 Å². The topological polar surface area (TPSA) is 20.3 Å². The first-order valence-electron chi connectivity index (χ1n) is 5.88. The molecule has 0 saturated carbocycles. The summed E-state index contributed by atoms with van der Waals surface area (Å²) in [4.78, 5) is 13.5. The van der Waals surface area contributed by atoms with Gasteiger partial charge in [0.25, 0.3) is 0 Å². The zero-order chi connectivity index (χ0) is 11.7. The summed E-state index contributed by atoms with van der Waals surface area (Å²) in [5.74, 6) is 0.692. The van der Waals surface area contributed by atoms with Crippen molar-refractivity contribution in [1.29, 1.82) is 0 Å². The van der Waals surface area contributed by atoms with Crippen LogP contribution < -0.4 is 0 Å². The van der Waals surface area contributed by atoms with Crippen LogP contribution in [0.3, 0.4) is 0 Å². The predicted octanol–water partition coefficient (Wildman–Crippen LogP) is 2.64. The van der Waals surface area contributed by atoms with Crippen molar-refractivity contribution in [2.45, 2.75) is 32.6 Å². The SMILES string of the molecule is Cc1cc(C)cc(C2CCN(C)C(=O)C2)c1. The van der Waals surface area contributed by atoms with Crippen LogP contribution in [0.2, 0.25) is 0 Å². The Hall–Kier alpha value is -1.31. The molecule has 1 atom stereocenters. The highest BCUT2D eigenvalue weighted by atomic mass is 16.2. The van der Waals surface area contributed by atoms with Crippen molar-refractivity contribution in [3.05, 3.63) is 34.9 Å². The fourth-order valence-electron chi connectivity index (χ4n) is 2.47. The van der Waals surface area contributed by atoms with E-state index in [1.807, 2.05) is 11.9 Å². The molecule has 86 valence electrons. The number of nitrogens with zero attached hydrogens (tertiary/aromatic N) is 1. The summed E-state index contributed by atoms with van der Waals surface area (Å²) < 4.78 is 0. The van der Waals surface area contributed by atoms with Gasteiger partial charge in [-0.15, -0.1) is 0 Å². The summed E-state index contributed by atoms with van der Waals surface area (Å²) in [6.07, 6.45) is 1.75. The highest BCUT2D eigenvalue weighted by Crippen LogP contribution is 2.29. The van der Waals surface area contributed by atoms with E-state index >= 15 is 0 Å². The molecule has 1 unspecified atom stereocenters. The highest BCUT2D eigenvalue weighted by Gasteiger charge is 2.24. The average Bonchev–Trinajstić information content (AvgIpc) is 2.20. The lowest BCUT2D eigenvalue weighted by atomic mass is 9.87. The third-order valence-electron chi connectivity index (χ3n) is 3.38. The fourth-order valence-corrected chi connectivity index (χ4v) is 2.47. The van der Waals surface area contributed by atoms with Crippen molar-refractivity contribution < 1.29 is 4.79 Å². The van der Waals surface area contributed by atoms with E-state index in [4.69, 9.17) is 0 Å². The maximum absolute atomic E-state index is 11.7. The second-order valence-electron chi connectivity index (χ2n) is 4.93. The lowest BCUT2D eigenvalue weighted by Crippen LogP contribution is -2.34. The number of aryl methyl sites for hydroxylation is 2. The van der Waals surface area contributed by atoms with Crippen LogP contribution >= 0.6 is 0 Å². The minimum absolute atomic E-state index is 0.274. The summed E-state index contributed by atoms with van der Waals surface area (Å²) in [5, 5.41) is 0. The van der Waals surface area contributed by atoms with E-state index in [2.05, 4.69) is 32.0 Å². The number of hydrogen-bond donors (Lipinski definition) is 0. The second kappa shape index (κ2) is 4.28. The number of rotatable bonds is 1. The third kappa shape index (κ3) is 2.26. The van der Waals surface area contributed by atoms with E-state index < -0.39 is 0 Å². The first-order chi connectivity index (χ1) is 7.56. The number of hydrogen-bond acceptors (Lipinski definition) is 1. The van der Waals surface area contributed by atoms with Crippen molar-refractivity contribution in [3.8, 4) is 0 Å². The number of likely N-dealkylation sites (tertiary alicyclic amines) is 1. The Kier molecular flexibility index (Phi) is 2.99. The third-order valence-corrected chi connectivity index (χ3v) is 3.38. The maximum Gasteiger partial charge on any atom is 0.222 e. The molecule has 2 heteroatoms. The molecule has 2 rings (SSSR count). The van der Waals surface area contributed by atoms with Crippen molar-refractivity contribution in [1.82, 2.24) is 4.90 Å². The summed E-state index contributed by atoms with van der Waals surface area (Å²) in [6.45, 7) is 5.12. The number of amides is 1. The van der Waals surface area contributed by atoms with Gasteiger partial charge in [-0.1, -0.05) is 29.3 Å². The molecule has 0 N–H and O–H groups in total. The first kappa shape index (κ1) is 11.2. The Morgan fingerprint density at radius 1 is 1.19 bits per heavy atom. The fraction of sp³-hybridized carbons (Fsp3) is 0.500. The van der Waals surface area contributed by atoms with Crippen molar-refractivity contribution >= 4 is 5.91 Å². The Balaban J connectivity index is 2.21. The summed E-state index contributed by atoms with van der Waals surface area (Å²) >= 11 is 0. The zero-order valence-corrected chi connectivity index (χ0v) is 10.3. The van der Waals surface area contributed by atoms with Crippen LogP contribution in [0.4, 0.5) is 0 Å². The smallest absolute Gasteiger partial charge is 0.222 e. The largest absolute Gasteiger partial charge is 0.346 e. The van der Waals surface area contributed by atoms with Crippen molar-refractivity contribution in [2.75, 3.05) is 13.6 Å². The van der Waals surface area contributed by atoms with Crippen LogP contribution in [0, 0.1) is 13.8 Å². The quantitative estimate of drug-likeness (QED) is 0.708. The van der Waals surface area contributed by atoms with Gasteiger partial charge in [0.2, 0.25) is 5.91 Å². The Labute approximate surface area is 97.3 Å². The lowest BCUT2D eigenvalue weighted by Gasteiger charge is -2.29. The van der Waals surface area contributed by atoms with Crippen LogP contribution in [0.15, 0.2) is 18.2 Å². The highest BCUT2D eigenvalue weighted by molar-refractivity contribution is 5.77. The molecule has 1 aromatic rings. The molecular formula is C14H19NO. The number of carbonyl (C=O) groups excluding carboxylic acids is 1. The normalized spacial score (nSPS) is 21.3. The molecule has 16 heavy (non-hydrogen) atoms. The number of piperidine rings is 1. The van der Waals surface area contributed by atoms with Gasteiger partial charge in [0, 0.05) is 20.0 Å². The van der Waals surface area contributed by atoms with Gasteiger partial charge in [-0.2, -0.15) is 0 Å². The van der Waals surface area contributed by atoms with Crippen molar-refractivity contribution in [3.63, 3.8) is 0 Å². The van der Waals surface area contributed by atoms with Crippen LogP contribution in [0.25, 0.3) is 0 Å². The van der Waals surface area contributed by atoms with Gasteiger partial charge in [-0.25, -0.2) is 0 Å². The van der Waals surface area contributed by atoms with Gasteiger partial charge in [0.15, 0.2) is 0 Å². The molecule has 1 heterocycles. The van der Waals surface area contributed by atoms with Gasteiger partial charge < -0.3 is 4.90 Å². The van der Waals surface area contributed by atoms with Crippen molar-refractivity contribution in [2.24, 2.45) is 0 Å². The van der Waals surface area contributed by atoms with Gasteiger partial charge in [0.1, 0.15) is 0 Å². The number of carbonyl (C=O) groups is 1. The standard InChI is InChI=1S/C14H19NO/c1-10-6-11(2)8-13(7-10)12-4-5-15(3)14(16)9-12/h6-8,12H,4-5,9H2,1-3H3. The monoisotopic (exact) mass is 217 g/mol. The molecule has 0 aromatic heterocycles. The maximum atomic E-state index is 11.7. The van der Waals surface area contributed by atoms with E-state index in [-0.39, 0.29) is 5.91 Å². The molecule has 0 radical (unpaired) electrons. The minimum atomic E-state index is 0.274. The molecule has 1 aliphatic heterocycles. The first-order valence-corrected chi connectivity index (χ1v) is 5.88. The van der Waals surface area contributed by atoms with E-state index in [1.165, 1.54) is 16.7 Å². The second-order valence-corrected chi connectivity index (χ2v) is 4.93.